The van der Waals surface area contributed by atoms with E-state index in [-0.39, 0.29) is 24.8 Å². The van der Waals surface area contributed by atoms with E-state index < -0.39 is 25.0 Å². The van der Waals surface area contributed by atoms with Crippen LogP contribution >= 0.6 is 0 Å². The Labute approximate surface area is 155 Å². The van der Waals surface area contributed by atoms with Crippen LogP contribution in [0.2, 0.25) is 0 Å². The van der Waals surface area contributed by atoms with Crippen LogP contribution in [-0.2, 0) is 17.8 Å². The number of halogens is 4. The number of hydrogen-bond acceptors (Lipinski definition) is 3. The van der Waals surface area contributed by atoms with Gasteiger partial charge >= 0.3 is 6.18 Å². The molecule has 0 spiro atoms. The third-order valence-electron chi connectivity index (χ3n) is 3.18. The van der Waals surface area contributed by atoms with E-state index in [2.05, 4.69) is 10.3 Å². The quantitative estimate of drug-likeness (QED) is 0.716. The molecule has 0 atom stereocenters. The molecule has 0 saturated carbocycles. The van der Waals surface area contributed by atoms with E-state index in [4.69, 9.17) is 4.74 Å². The summed E-state index contributed by atoms with van der Waals surface area (Å²) in [5.74, 6) is -0.664. The number of carbonyl (C=O) groups excluding carboxylic acids is 1. The number of nitrogens with one attached hydrogen (secondary N) is 1. The summed E-state index contributed by atoms with van der Waals surface area (Å²) in [7, 11) is 0. The van der Waals surface area contributed by atoms with E-state index in [9.17, 15) is 22.4 Å². The van der Waals surface area contributed by atoms with Crippen molar-refractivity contribution in [3.8, 4) is 5.88 Å². The van der Waals surface area contributed by atoms with Gasteiger partial charge in [0, 0.05) is 18.8 Å². The van der Waals surface area contributed by atoms with Crippen molar-refractivity contribution in [3.63, 3.8) is 0 Å². The highest BCUT2D eigenvalue weighted by Gasteiger charge is 2.26. The molecular weight excluding hydrogens is 364 g/mol. The van der Waals surface area contributed by atoms with Gasteiger partial charge in [-0.1, -0.05) is 26.0 Å². The van der Waals surface area contributed by atoms with E-state index in [0.717, 1.165) is 0 Å². The van der Waals surface area contributed by atoms with Crippen LogP contribution in [0.25, 0.3) is 0 Å². The number of ether oxygens (including phenoxy) is 1. The summed E-state index contributed by atoms with van der Waals surface area (Å²) in [5.41, 5.74) is 1.17. The molecule has 0 saturated heterocycles. The highest BCUT2D eigenvalue weighted by molar-refractivity contribution is 5.78. The number of amides is 1. The van der Waals surface area contributed by atoms with E-state index in [0.29, 0.717) is 11.1 Å². The molecule has 1 N–H and O–H groups in total. The monoisotopic (exact) mass is 386 g/mol. The van der Waals surface area contributed by atoms with Crippen LogP contribution in [0.3, 0.4) is 0 Å². The molecule has 2 rings (SSSR count). The summed E-state index contributed by atoms with van der Waals surface area (Å²) in [5, 5.41) is 2.65. The maximum absolute atomic E-state index is 13.1. The second-order valence-electron chi connectivity index (χ2n) is 5.30. The van der Waals surface area contributed by atoms with Crippen molar-refractivity contribution >= 4 is 5.91 Å². The van der Waals surface area contributed by atoms with Crippen molar-refractivity contribution in [2.24, 2.45) is 0 Å². The largest absolute Gasteiger partial charge is 0.477 e. The average molecular weight is 386 g/mol. The third-order valence-corrected chi connectivity index (χ3v) is 3.18. The van der Waals surface area contributed by atoms with Gasteiger partial charge in [-0.15, -0.1) is 0 Å². The second-order valence-corrected chi connectivity index (χ2v) is 5.30. The molecule has 1 amide bonds. The number of pyridine rings is 1. The Morgan fingerprint density at radius 3 is 2.56 bits per heavy atom. The first-order valence-corrected chi connectivity index (χ1v) is 8.47. The zero-order valence-corrected chi connectivity index (χ0v) is 15.1. The Morgan fingerprint density at radius 1 is 1.15 bits per heavy atom. The second kappa shape index (κ2) is 11.2. The number of rotatable bonds is 7. The fraction of sp³-hybridized carbons (Fsp3) is 0.368. The average Bonchev–Trinajstić information content (AvgIpc) is 2.61. The number of hydrogen-bond donors (Lipinski definition) is 1. The Kier molecular flexibility index (Phi) is 9.25. The molecule has 8 heteroatoms. The van der Waals surface area contributed by atoms with Crippen LogP contribution in [0.5, 0.6) is 5.88 Å². The molecule has 2 aromatic rings. The smallest absolute Gasteiger partial charge is 0.392 e. The summed E-state index contributed by atoms with van der Waals surface area (Å²) < 4.78 is 54.3. The summed E-state index contributed by atoms with van der Waals surface area (Å²) in [6.45, 7) is 3.64. The predicted octanol–water partition coefficient (Wildman–Crippen LogP) is 4.44. The lowest BCUT2D eigenvalue weighted by Crippen LogP contribution is -2.24. The maximum atomic E-state index is 13.1. The molecule has 0 bridgehead atoms. The van der Waals surface area contributed by atoms with Crippen molar-refractivity contribution in [1.82, 2.24) is 10.3 Å². The first-order valence-electron chi connectivity index (χ1n) is 8.47. The molecule has 0 unspecified atom stereocenters. The normalized spacial score (nSPS) is 10.6. The minimum Gasteiger partial charge on any atom is -0.477 e. The summed E-state index contributed by atoms with van der Waals surface area (Å²) in [6, 6.07) is 8.79. The van der Waals surface area contributed by atoms with Crippen molar-refractivity contribution in [1.29, 1.82) is 0 Å². The number of aromatic nitrogens is 1. The molecule has 0 fully saturated rings. The molecule has 1 aromatic heterocycles. The predicted molar refractivity (Wildman–Crippen MR) is 93.7 cm³/mol. The van der Waals surface area contributed by atoms with E-state index in [1.165, 1.54) is 30.5 Å². The number of alkyl halides is 3. The summed E-state index contributed by atoms with van der Waals surface area (Å²) in [4.78, 5) is 15.7. The molecule has 1 aromatic carbocycles. The van der Waals surface area contributed by atoms with E-state index in [1.807, 2.05) is 13.8 Å². The van der Waals surface area contributed by atoms with Gasteiger partial charge in [-0.3, -0.25) is 4.79 Å². The van der Waals surface area contributed by atoms with Gasteiger partial charge in [0.05, 0.1) is 19.4 Å². The molecule has 0 aliphatic rings. The maximum Gasteiger partial charge on any atom is 0.392 e. The Bertz CT molecular complexity index is 721. The van der Waals surface area contributed by atoms with Crippen molar-refractivity contribution in [2.45, 2.75) is 39.4 Å². The fourth-order valence-electron chi connectivity index (χ4n) is 2.01. The van der Waals surface area contributed by atoms with Crippen molar-refractivity contribution < 1.29 is 27.1 Å². The minimum atomic E-state index is -4.29. The van der Waals surface area contributed by atoms with Gasteiger partial charge in [0.25, 0.3) is 0 Å². The van der Waals surface area contributed by atoms with Crippen LogP contribution in [0.4, 0.5) is 17.6 Å². The van der Waals surface area contributed by atoms with Crippen LogP contribution < -0.4 is 10.1 Å². The summed E-state index contributed by atoms with van der Waals surface area (Å²) >= 11 is 0. The van der Waals surface area contributed by atoms with Gasteiger partial charge in [-0.05, 0) is 29.3 Å². The molecule has 27 heavy (non-hydrogen) atoms. The van der Waals surface area contributed by atoms with Gasteiger partial charge in [0.2, 0.25) is 11.8 Å². The standard InChI is InChI=1S/C17H16F4N2O2.C2H6/c18-14-3-1-2-12(8-14)9-15(24)23-11-13-4-6-22-16(10-13)25-7-5-17(19,20)21;1-2/h1-4,6,8,10H,5,7,9,11H2,(H,23,24);1-2H3. The molecular formula is C19H22F4N2O2. The summed E-state index contributed by atoms with van der Waals surface area (Å²) in [6.07, 6.45) is -3.94. The van der Waals surface area contributed by atoms with Gasteiger partial charge < -0.3 is 10.1 Å². The van der Waals surface area contributed by atoms with Crippen molar-refractivity contribution in [2.75, 3.05) is 6.61 Å². The Morgan fingerprint density at radius 2 is 1.89 bits per heavy atom. The van der Waals surface area contributed by atoms with Gasteiger partial charge in [-0.2, -0.15) is 13.2 Å². The van der Waals surface area contributed by atoms with Crippen LogP contribution in [0, 0.1) is 5.82 Å². The van der Waals surface area contributed by atoms with Gasteiger partial charge in [-0.25, -0.2) is 9.37 Å². The fourth-order valence-corrected chi connectivity index (χ4v) is 2.01. The van der Waals surface area contributed by atoms with Gasteiger partial charge in [0.1, 0.15) is 5.82 Å². The van der Waals surface area contributed by atoms with Gasteiger partial charge in [0.15, 0.2) is 0 Å². The molecule has 0 radical (unpaired) electrons. The zero-order valence-electron chi connectivity index (χ0n) is 15.1. The highest BCUT2D eigenvalue weighted by atomic mass is 19.4. The Hall–Kier alpha value is -2.64. The Balaban J connectivity index is 0.00000176. The third kappa shape index (κ3) is 9.58. The van der Waals surface area contributed by atoms with Crippen LogP contribution in [-0.4, -0.2) is 23.7 Å². The molecule has 4 nitrogen and oxygen atoms in total. The first-order chi connectivity index (χ1) is 12.8. The molecule has 0 aliphatic heterocycles. The number of carbonyl (C=O) groups is 1. The van der Waals surface area contributed by atoms with Crippen LogP contribution in [0.15, 0.2) is 42.6 Å². The lowest BCUT2D eigenvalue weighted by Gasteiger charge is -2.09. The zero-order chi connectivity index (χ0) is 20.3. The number of nitrogens with zero attached hydrogens (tertiary/aromatic N) is 1. The lowest BCUT2D eigenvalue weighted by molar-refractivity contribution is -0.139. The highest BCUT2D eigenvalue weighted by Crippen LogP contribution is 2.20. The number of benzene rings is 1. The van der Waals surface area contributed by atoms with Crippen molar-refractivity contribution in [3.05, 3.63) is 59.5 Å². The SMILES string of the molecule is CC.O=C(Cc1cccc(F)c1)NCc1ccnc(OCCC(F)(F)F)c1. The van der Waals surface area contributed by atoms with E-state index in [1.54, 1.807) is 12.1 Å². The topological polar surface area (TPSA) is 51.2 Å². The molecule has 1 heterocycles. The minimum absolute atomic E-state index is 0.0256. The first kappa shape index (κ1) is 22.4. The lowest BCUT2D eigenvalue weighted by atomic mass is 10.1. The molecule has 148 valence electrons. The van der Waals surface area contributed by atoms with Crippen LogP contribution in [0.1, 0.15) is 31.4 Å². The molecule has 0 aliphatic carbocycles. The van der Waals surface area contributed by atoms with E-state index >= 15 is 0 Å².